The summed E-state index contributed by atoms with van der Waals surface area (Å²) in [5.41, 5.74) is 1.51. The fourth-order valence-electron chi connectivity index (χ4n) is 3.91. The molecule has 3 rings (SSSR count). The van der Waals surface area contributed by atoms with Crippen molar-refractivity contribution in [2.45, 2.75) is 38.0 Å². The minimum Gasteiger partial charge on any atom is -0.357 e. The molecular weight excluding hydrogens is 497 g/mol. The normalized spacial score (nSPS) is 19.9. The van der Waals surface area contributed by atoms with Gasteiger partial charge in [-0.1, -0.05) is 23.7 Å². The molecule has 1 aliphatic heterocycles. The molecule has 1 aromatic rings. The van der Waals surface area contributed by atoms with Gasteiger partial charge in [-0.05, 0) is 77.0 Å². The largest absolute Gasteiger partial charge is 0.357 e. The van der Waals surface area contributed by atoms with E-state index < -0.39 is 0 Å². The monoisotopic (exact) mass is 533 g/mol. The van der Waals surface area contributed by atoms with Crippen molar-refractivity contribution in [3.8, 4) is 0 Å². The number of halogens is 2. The molecule has 1 saturated heterocycles. The Hall–Kier alpha value is -0.570. The van der Waals surface area contributed by atoms with Crippen molar-refractivity contribution in [3.63, 3.8) is 0 Å². The van der Waals surface area contributed by atoms with Gasteiger partial charge in [-0.15, -0.1) is 24.0 Å². The summed E-state index contributed by atoms with van der Waals surface area (Å²) in [6.45, 7) is 10.8. The standard InChI is InChI=1S/C22H36ClN5.HI/c1-3-24-21(25-11-5-13-28-14-6-12-27(2)15-16-28)26-18-22(9-10-22)19-7-4-8-20(23)17-19;/h4,7-8,17H,3,5-6,9-16,18H2,1-2H3,(H2,24,25,26);1H. The van der Waals surface area contributed by atoms with Crippen LogP contribution >= 0.6 is 35.6 Å². The molecule has 1 aromatic carbocycles. The molecule has 1 aliphatic carbocycles. The van der Waals surface area contributed by atoms with Gasteiger partial charge in [-0.2, -0.15) is 0 Å². The van der Waals surface area contributed by atoms with E-state index in [4.69, 9.17) is 16.6 Å². The van der Waals surface area contributed by atoms with Crippen molar-refractivity contribution in [1.82, 2.24) is 20.4 Å². The lowest BCUT2D eigenvalue weighted by Crippen LogP contribution is -2.39. The average molecular weight is 534 g/mol. The van der Waals surface area contributed by atoms with Crippen LogP contribution in [0.1, 0.15) is 38.2 Å². The van der Waals surface area contributed by atoms with Crippen LogP contribution in [0.3, 0.4) is 0 Å². The SMILES string of the molecule is CCNC(=NCC1(c2cccc(Cl)c2)CC1)NCCCN1CCCN(C)CC1.I. The zero-order chi connectivity index (χ0) is 19.8. The summed E-state index contributed by atoms with van der Waals surface area (Å²) in [6.07, 6.45) is 4.81. The van der Waals surface area contributed by atoms with Crippen LogP contribution in [0.5, 0.6) is 0 Å². The summed E-state index contributed by atoms with van der Waals surface area (Å²) >= 11 is 6.19. The van der Waals surface area contributed by atoms with E-state index in [0.717, 1.165) is 43.6 Å². The molecule has 5 nitrogen and oxygen atoms in total. The van der Waals surface area contributed by atoms with Gasteiger partial charge in [0, 0.05) is 36.6 Å². The van der Waals surface area contributed by atoms with Crippen molar-refractivity contribution in [2.75, 3.05) is 59.4 Å². The fourth-order valence-corrected chi connectivity index (χ4v) is 4.10. The maximum Gasteiger partial charge on any atom is 0.191 e. The average Bonchev–Trinajstić information content (AvgIpc) is 3.49. The Morgan fingerprint density at radius 1 is 1.17 bits per heavy atom. The van der Waals surface area contributed by atoms with Gasteiger partial charge in [0.15, 0.2) is 5.96 Å². The van der Waals surface area contributed by atoms with E-state index in [2.05, 4.69) is 46.5 Å². The first kappa shape index (κ1) is 24.7. The first-order chi connectivity index (χ1) is 13.6. The highest BCUT2D eigenvalue weighted by Gasteiger charge is 2.44. The lowest BCUT2D eigenvalue weighted by atomic mass is 9.96. The summed E-state index contributed by atoms with van der Waals surface area (Å²) < 4.78 is 0. The molecule has 0 bridgehead atoms. The highest BCUT2D eigenvalue weighted by Crippen LogP contribution is 2.48. The summed E-state index contributed by atoms with van der Waals surface area (Å²) in [7, 11) is 2.22. The zero-order valence-corrected chi connectivity index (χ0v) is 21.0. The Morgan fingerprint density at radius 2 is 2.00 bits per heavy atom. The highest BCUT2D eigenvalue weighted by atomic mass is 127. The Bertz CT molecular complexity index is 650. The van der Waals surface area contributed by atoms with Gasteiger partial charge >= 0.3 is 0 Å². The Balaban J connectivity index is 0.00000300. The summed E-state index contributed by atoms with van der Waals surface area (Å²) in [4.78, 5) is 9.92. The molecule has 0 atom stereocenters. The third kappa shape index (κ3) is 7.89. The third-order valence-electron chi connectivity index (χ3n) is 5.93. The Kier molecular flexibility index (Phi) is 10.5. The highest BCUT2D eigenvalue weighted by molar-refractivity contribution is 14.0. The molecule has 0 aromatic heterocycles. The van der Waals surface area contributed by atoms with Crippen LogP contribution in [0.4, 0.5) is 0 Å². The molecule has 2 fully saturated rings. The quantitative estimate of drug-likeness (QED) is 0.232. The number of benzene rings is 1. The number of rotatable bonds is 8. The number of guanidine groups is 1. The predicted octanol–water partition coefficient (Wildman–Crippen LogP) is 3.57. The number of hydrogen-bond donors (Lipinski definition) is 2. The first-order valence-electron chi connectivity index (χ1n) is 10.8. The number of likely N-dealkylation sites (N-methyl/N-ethyl adjacent to an activating group) is 1. The van der Waals surface area contributed by atoms with E-state index in [9.17, 15) is 0 Å². The van der Waals surface area contributed by atoms with Gasteiger partial charge in [-0.3, -0.25) is 4.99 Å². The van der Waals surface area contributed by atoms with Gasteiger partial charge in [0.2, 0.25) is 0 Å². The first-order valence-corrected chi connectivity index (χ1v) is 11.2. The summed E-state index contributed by atoms with van der Waals surface area (Å²) in [6, 6.07) is 8.28. The van der Waals surface area contributed by atoms with E-state index in [-0.39, 0.29) is 29.4 Å². The molecule has 1 heterocycles. The fraction of sp³-hybridized carbons (Fsp3) is 0.682. The van der Waals surface area contributed by atoms with Crippen LogP contribution in [0.15, 0.2) is 29.3 Å². The van der Waals surface area contributed by atoms with Crippen LogP contribution < -0.4 is 10.6 Å². The van der Waals surface area contributed by atoms with Crippen LogP contribution in [0.2, 0.25) is 5.02 Å². The molecule has 0 spiro atoms. The topological polar surface area (TPSA) is 42.9 Å². The number of aliphatic imine (C=N–C) groups is 1. The molecule has 164 valence electrons. The maximum absolute atomic E-state index is 6.19. The molecule has 0 unspecified atom stereocenters. The van der Waals surface area contributed by atoms with Crippen molar-refractivity contribution >= 4 is 41.5 Å². The molecule has 29 heavy (non-hydrogen) atoms. The zero-order valence-electron chi connectivity index (χ0n) is 17.9. The molecule has 7 heteroatoms. The summed E-state index contributed by atoms with van der Waals surface area (Å²) in [5, 5.41) is 7.73. The van der Waals surface area contributed by atoms with Gasteiger partial charge in [0.25, 0.3) is 0 Å². The van der Waals surface area contributed by atoms with Crippen molar-refractivity contribution in [2.24, 2.45) is 4.99 Å². The second kappa shape index (κ2) is 12.3. The van der Waals surface area contributed by atoms with Gasteiger partial charge in [-0.25, -0.2) is 0 Å². The second-order valence-corrected chi connectivity index (χ2v) is 8.70. The van der Waals surface area contributed by atoms with E-state index in [1.165, 1.54) is 51.0 Å². The molecule has 2 N–H and O–H groups in total. The van der Waals surface area contributed by atoms with Gasteiger partial charge in [0.05, 0.1) is 6.54 Å². The molecule has 0 radical (unpaired) electrons. The predicted molar refractivity (Wildman–Crippen MR) is 135 cm³/mol. The van der Waals surface area contributed by atoms with Crippen molar-refractivity contribution in [3.05, 3.63) is 34.9 Å². The van der Waals surface area contributed by atoms with Gasteiger partial charge < -0.3 is 20.4 Å². The van der Waals surface area contributed by atoms with Crippen molar-refractivity contribution < 1.29 is 0 Å². The molecule has 2 aliphatic rings. The minimum absolute atomic E-state index is 0. The number of nitrogens with zero attached hydrogens (tertiary/aromatic N) is 3. The van der Waals surface area contributed by atoms with E-state index in [1.54, 1.807) is 0 Å². The van der Waals surface area contributed by atoms with Crippen LogP contribution in [0, 0.1) is 0 Å². The van der Waals surface area contributed by atoms with E-state index in [0.29, 0.717) is 0 Å². The number of nitrogens with one attached hydrogen (secondary N) is 2. The van der Waals surface area contributed by atoms with Crippen LogP contribution in [-0.2, 0) is 5.41 Å². The summed E-state index contributed by atoms with van der Waals surface area (Å²) in [5.74, 6) is 0.936. The third-order valence-corrected chi connectivity index (χ3v) is 6.17. The molecule has 1 saturated carbocycles. The Morgan fingerprint density at radius 3 is 2.72 bits per heavy atom. The maximum atomic E-state index is 6.19. The second-order valence-electron chi connectivity index (χ2n) is 8.26. The van der Waals surface area contributed by atoms with Crippen molar-refractivity contribution in [1.29, 1.82) is 0 Å². The van der Waals surface area contributed by atoms with Crippen LogP contribution in [0.25, 0.3) is 0 Å². The Labute approximate surface area is 198 Å². The lowest BCUT2D eigenvalue weighted by Gasteiger charge is -2.20. The molecular formula is C22H37ClIN5. The smallest absolute Gasteiger partial charge is 0.191 e. The molecule has 0 amide bonds. The van der Waals surface area contributed by atoms with Crippen LogP contribution in [-0.4, -0.2) is 75.2 Å². The van der Waals surface area contributed by atoms with E-state index in [1.807, 2.05) is 12.1 Å². The van der Waals surface area contributed by atoms with Gasteiger partial charge in [0.1, 0.15) is 0 Å². The minimum atomic E-state index is 0. The number of hydrogen-bond acceptors (Lipinski definition) is 3. The lowest BCUT2D eigenvalue weighted by molar-refractivity contribution is 0.274. The van der Waals surface area contributed by atoms with E-state index >= 15 is 0 Å².